The second-order valence-electron chi connectivity index (χ2n) is 4.89. The molecule has 1 aromatic rings. The number of aromatic nitrogens is 2. The van der Waals surface area contributed by atoms with E-state index < -0.39 is 0 Å². The molecule has 0 aliphatic carbocycles. The number of halogens is 1. The molecule has 110 valence electrons. The minimum absolute atomic E-state index is 0.179. The molecule has 2 unspecified atom stereocenters. The Kier molecular flexibility index (Phi) is 7.04. The fraction of sp³-hybridized carbons (Fsp3) is 0.786. The first-order valence-corrected chi connectivity index (χ1v) is 7.80. The van der Waals surface area contributed by atoms with E-state index >= 15 is 0 Å². The summed E-state index contributed by atoms with van der Waals surface area (Å²) in [5.41, 5.74) is 2.35. The molecule has 4 nitrogen and oxygen atoms in total. The third-order valence-corrected chi connectivity index (χ3v) is 4.43. The van der Waals surface area contributed by atoms with E-state index in [0.717, 1.165) is 36.0 Å². The summed E-state index contributed by atoms with van der Waals surface area (Å²) in [5, 5.41) is 8.11. The van der Waals surface area contributed by atoms with Gasteiger partial charge in [-0.1, -0.05) is 13.8 Å². The molecule has 19 heavy (non-hydrogen) atoms. The van der Waals surface area contributed by atoms with Gasteiger partial charge in [0, 0.05) is 26.6 Å². The maximum absolute atomic E-state index is 5.49. The average molecular weight is 332 g/mol. The van der Waals surface area contributed by atoms with Gasteiger partial charge in [0.2, 0.25) is 0 Å². The van der Waals surface area contributed by atoms with E-state index in [0.29, 0.717) is 6.04 Å². The van der Waals surface area contributed by atoms with Gasteiger partial charge in [-0.25, -0.2) is 0 Å². The lowest BCUT2D eigenvalue weighted by atomic mass is 10.1. The van der Waals surface area contributed by atoms with Gasteiger partial charge in [0.1, 0.15) is 0 Å². The number of nitrogens with one attached hydrogen (secondary N) is 1. The standard InChI is InChI=1S/C14H26BrN3O/c1-6-8-16-12(10(3)19-5)9-13-14(15)11(7-2)17-18(13)4/h10,12,16H,6-9H2,1-5H3. The number of nitrogens with zero attached hydrogens (tertiary/aromatic N) is 2. The van der Waals surface area contributed by atoms with Gasteiger partial charge in [-0.3, -0.25) is 4.68 Å². The van der Waals surface area contributed by atoms with Crippen LogP contribution in [0.15, 0.2) is 4.47 Å². The smallest absolute Gasteiger partial charge is 0.0766 e. The Morgan fingerprint density at radius 2 is 2.11 bits per heavy atom. The van der Waals surface area contributed by atoms with Crippen molar-refractivity contribution in [2.75, 3.05) is 13.7 Å². The predicted molar refractivity (Wildman–Crippen MR) is 82.5 cm³/mol. The maximum atomic E-state index is 5.49. The normalized spacial score (nSPS) is 14.6. The highest BCUT2D eigenvalue weighted by Crippen LogP contribution is 2.23. The molecule has 1 aromatic heterocycles. The molecule has 5 heteroatoms. The first-order chi connectivity index (χ1) is 9.04. The van der Waals surface area contributed by atoms with Crippen molar-refractivity contribution < 1.29 is 4.74 Å². The number of ether oxygens (including phenoxy) is 1. The molecule has 0 saturated heterocycles. The van der Waals surface area contributed by atoms with Crippen molar-refractivity contribution in [2.45, 2.75) is 52.2 Å². The van der Waals surface area contributed by atoms with Crippen molar-refractivity contribution in [2.24, 2.45) is 7.05 Å². The molecular formula is C14H26BrN3O. The van der Waals surface area contributed by atoms with E-state index in [-0.39, 0.29) is 6.10 Å². The van der Waals surface area contributed by atoms with E-state index in [1.807, 2.05) is 11.7 Å². The van der Waals surface area contributed by atoms with E-state index in [1.165, 1.54) is 5.69 Å². The van der Waals surface area contributed by atoms with Crippen molar-refractivity contribution in [3.05, 3.63) is 15.9 Å². The van der Waals surface area contributed by atoms with E-state index in [1.54, 1.807) is 7.11 Å². The van der Waals surface area contributed by atoms with Crippen LogP contribution >= 0.6 is 15.9 Å². The highest BCUT2D eigenvalue weighted by Gasteiger charge is 2.21. The Balaban J connectivity index is 2.86. The zero-order valence-corrected chi connectivity index (χ0v) is 14.2. The van der Waals surface area contributed by atoms with Crippen LogP contribution in [0.1, 0.15) is 38.6 Å². The topological polar surface area (TPSA) is 39.1 Å². The van der Waals surface area contributed by atoms with Crippen LogP contribution in [-0.2, 0) is 24.6 Å². The molecule has 0 aliphatic heterocycles. The molecule has 0 aromatic carbocycles. The highest BCUT2D eigenvalue weighted by atomic mass is 79.9. The van der Waals surface area contributed by atoms with Crippen LogP contribution in [0.4, 0.5) is 0 Å². The zero-order valence-electron chi connectivity index (χ0n) is 12.7. The summed E-state index contributed by atoms with van der Waals surface area (Å²) in [7, 11) is 3.77. The van der Waals surface area contributed by atoms with Gasteiger partial charge in [0.05, 0.1) is 22.0 Å². The van der Waals surface area contributed by atoms with Crippen molar-refractivity contribution >= 4 is 15.9 Å². The molecule has 0 spiro atoms. The van der Waals surface area contributed by atoms with E-state index in [2.05, 4.69) is 47.1 Å². The van der Waals surface area contributed by atoms with Crippen LogP contribution in [0, 0.1) is 0 Å². The van der Waals surface area contributed by atoms with Crippen molar-refractivity contribution in [1.29, 1.82) is 0 Å². The maximum Gasteiger partial charge on any atom is 0.0766 e. The van der Waals surface area contributed by atoms with Gasteiger partial charge in [-0.15, -0.1) is 0 Å². The molecule has 0 bridgehead atoms. The Hall–Kier alpha value is -0.390. The third kappa shape index (κ3) is 4.29. The molecule has 0 fully saturated rings. The van der Waals surface area contributed by atoms with Gasteiger partial charge in [-0.2, -0.15) is 5.10 Å². The summed E-state index contributed by atoms with van der Waals surface area (Å²) in [5.74, 6) is 0. The van der Waals surface area contributed by atoms with E-state index in [9.17, 15) is 0 Å². The number of aryl methyl sites for hydroxylation is 2. The van der Waals surface area contributed by atoms with Crippen molar-refractivity contribution in [3.63, 3.8) is 0 Å². The zero-order chi connectivity index (χ0) is 14.4. The predicted octanol–water partition coefficient (Wildman–Crippen LogP) is 2.69. The summed E-state index contributed by atoms with van der Waals surface area (Å²) < 4.78 is 8.61. The lowest BCUT2D eigenvalue weighted by Gasteiger charge is -2.24. The van der Waals surface area contributed by atoms with Gasteiger partial charge >= 0.3 is 0 Å². The lowest BCUT2D eigenvalue weighted by Crippen LogP contribution is -2.41. The number of hydrogen-bond acceptors (Lipinski definition) is 3. The molecule has 2 atom stereocenters. The number of methoxy groups -OCH3 is 1. The Bertz CT molecular complexity index is 392. The number of rotatable bonds is 8. The fourth-order valence-corrected chi connectivity index (χ4v) is 2.93. The van der Waals surface area contributed by atoms with E-state index in [4.69, 9.17) is 4.74 Å². The Morgan fingerprint density at radius 3 is 2.58 bits per heavy atom. The molecule has 0 amide bonds. The monoisotopic (exact) mass is 331 g/mol. The molecule has 0 aliphatic rings. The second kappa shape index (κ2) is 8.02. The second-order valence-corrected chi connectivity index (χ2v) is 5.68. The van der Waals surface area contributed by atoms with Gasteiger partial charge in [-0.05, 0) is 42.2 Å². The summed E-state index contributed by atoms with van der Waals surface area (Å²) in [6, 6.07) is 0.307. The summed E-state index contributed by atoms with van der Waals surface area (Å²) in [4.78, 5) is 0. The Morgan fingerprint density at radius 1 is 1.42 bits per heavy atom. The first-order valence-electron chi connectivity index (χ1n) is 7.01. The average Bonchev–Trinajstić information content (AvgIpc) is 2.69. The lowest BCUT2D eigenvalue weighted by molar-refractivity contribution is 0.0824. The molecule has 0 radical (unpaired) electrons. The summed E-state index contributed by atoms with van der Waals surface area (Å²) >= 11 is 3.68. The largest absolute Gasteiger partial charge is 0.380 e. The SMILES string of the molecule is CCCNC(Cc1c(Br)c(CC)nn1C)C(C)OC. The van der Waals surface area contributed by atoms with Crippen molar-refractivity contribution in [3.8, 4) is 0 Å². The van der Waals surface area contributed by atoms with Crippen LogP contribution in [0.2, 0.25) is 0 Å². The molecule has 1 rings (SSSR count). The summed E-state index contributed by atoms with van der Waals surface area (Å²) in [6.45, 7) is 7.42. The van der Waals surface area contributed by atoms with Crippen LogP contribution in [-0.4, -0.2) is 35.6 Å². The molecule has 1 N–H and O–H groups in total. The van der Waals surface area contributed by atoms with Crippen LogP contribution in [0.25, 0.3) is 0 Å². The summed E-state index contributed by atoms with van der Waals surface area (Å²) in [6.07, 6.45) is 3.17. The first kappa shape index (κ1) is 16.7. The van der Waals surface area contributed by atoms with Crippen LogP contribution in [0.5, 0.6) is 0 Å². The van der Waals surface area contributed by atoms with Crippen molar-refractivity contribution in [1.82, 2.24) is 15.1 Å². The third-order valence-electron chi connectivity index (χ3n) is 3.51. The quantitative estimate of drug-likeness (QED) is 0.796. The van der Waals surface area contributed by atoms with Crippen LogP contribution in [0.3, 0.4) is 0 Å². The minimum atomic E-state index is 0.179. The molecular weight excluding hydrogens is 306 g/mol. The van der Waals surface area contributed by atoms with Gasteiger partial charge in [0.15, 0.2) is 0 Å². The van der Waals surface area contributed by atoms with Gasteiger partial charge in [0.25, 0.3) is 0 Å². The highest BCUT2D eigenvalue weighted by molar-refractivity contribution is 9.10. The number of hydrogen-bond donors (Lipinski definition) is 1. The molecule has 1 heterocycles. The van der Waals surface area contributed by atoms with Gasteiger partial charge < -0.3 is 10.1 Å². The molecule has 0 saturated carbocycles. The Labute approximate surface area is 125 Å². The minimum Gasteiger partial charge on any atom is -0.380 e. The fourth-order valence-electron chi connectivity index (χ4n) is 2.15. The van der Waals surface area contributed by atoms with Crippen LogP contribution < -0.4 is 5.32 Å².